The van der Waals surface area contributed by atoms with E-state index in [1.165, 1.54) is 5.56 Å². The number of fused-ring (bicyclic) bond motifs is 1. The second-order valence-electron chi connectivity index (χ2n) is 8.88. The predicted molar refractivity (Wildman–Crippen MR) is 149 cm³/mol. The van der Waals surface area contributed by atoms with Crippen molar-refractivity contribution in [1.82, 2.24) is 5.43 Å². The molecule has 1 amide bonds. The minimum absolute atomic E-state index is 0.124. The molecule has 0 spiro atoms. The highest BCUT2D eigenvalue weighted by atomic mass is 79.9. The van der Waals surface area contributed by atoms with Crippen molar-refractivity contribution in [3.05, 3.63) is 106 Å². The van der Waals surface area contributed by atoms with Gasteiger partial charge in [0.25, 0.3) is 5.91 Å². The van der Waals surface area contributed by atoms with Gasteiger partial charge in [0.1, 0.15) is 18.1 Å². The van der Waals surface area contributed by atoms with Gasteiger partial charge in [-0.1, -0.05) is 84.4 Å². The van der Waals surface area contributed by atoms with E-state index in [4.69, 9.17) is 9.47 Å². The molecule has 4 aromatic rings. The number of carbonyl (C=O) groups excluding carboxylic acids is 1. The summed E-state index contributed by atoms with van der Waals surface area (Å²) < 4.78 is 12.9. The van der Waals surface area contributed by atoms with E-state index in [1.54, 1.807) is 6.21 Å². The Bertz CT molecular complexity index is 1400. The number of benzene rings is 4. The number of aryl methyl sites for hydroxylation is 1. The average Bonchev–Trinajstić information content (AvgIpc) is 2.87. The maximum absolute atomic E-state index is 12.4. The van der Waals surface area contributed by atoms with Crippen LogP contribution in [0.3, 0.4) is 0 Å². The molecule has 0 saturated heterocycles. The molecule has 0 saturated carbocycles. The van der Waals surface area contributed by atoms with E-state index in [9.17, 15) is 4.79 Å². The molecule has 0 aliphatic heterocycles. The minimum Gasteiger partial charge on any atom is -0.488 e. The molecule has 4 rings (SSSR count). The van der Waals surface area contributed by atoms with Crippen LogP contribution in [0.1, 0.15) is 42.0 Å². The average molecular weight is 545 g/mol. The Hall–Kier alpha value is -3.64. The summed E-state index contributed by atoms with van der Waals surface area (Å²) in [7, 11) is 0. The van der Waals surface area contributed by atoms with Gasteiger partial charge in [-0.15, -0.1) is 0 Å². The molecule has 0 fully saturated rings. The summed E-state index contributed by atoms with van der Waals surface area (Å²) in [5, 5.41) is 6.25. The first-order chi connectivity index (χ1) is 17.4. The molecule has 184 valence electrons. The monoisotopic (exact) mass is 544 g/mol. The van der Waals surface area contributed by atoms with Gasteiger partial charge in [-0.05, 0) is 64.6 Å². The molecule has 4 aromatic carbocycles. The van der Waals surface area contributed by atoms with Gasteiger partial charge in [-0.25, -0.2) is 5.43 Å². The standard InChI is InChI=1S/C30H29BrN2O3/c1-20(2)24-12-11-21(3)29(16-24)36-19-30(34)33-32-17-27-26-10-5-4-8-23(26)13-14-28(27)35-18-22-7-6-9-25(31)15-22/h4-17,20H,18-19H2,1-3H3,(H,33,34)/b32-17+. The second-order valence-corrected chi connectivity index (χ2v) is 9.79. The zero-order chi connectivity index (χ0) is 25.5. The van der Waals surface area contributed by atoms with Crippen molar-refractivity contribution in [2.24, 2.45) is 5.10 Å². The van der Waals surface area contributed by atoms with Crippen LogP contribution < -0.4 is 14.9 Å². The number of carbonyl (C=O) groups is 1. The van der Waals surface area contributed by atoms with Crippen LogP contribution in [0.4, 0.5) is 0 Å². The molecule has 0 atom stereocenters. The second kappa shape index (κ2) is 11.9. The molecule has 5 nitrogen and oxygen atoms in total. The first kappa shape index (κ1) is 25.5. The number of hydrogen-bond donors (Lipinski definition) is 1. The molecule has 0 radical (unpaired) electrons. The highest BCUT2D eigenvalue weighted by Crippen LogP contribution is 2.28. The topological polar surface area (TPSA) is 59.9 Å². The molecule has 0 aliphatic rings. The van der Waals surface area contributed by atoms with E-state index in [0.29, 0.717) is 24.0 Å². The van der Waals surface area contributed by atoms with Gasteiger partial charge < -0.3 is 9.47 Å². The summed E-state index contributed by atoms with van der Waals surface area (Å²) in [6.45, 7) is 6.50. The molecule has 0 heterocycles. The number of ether oxygens (including phenoxy) is 2. The van der Waals surface area contributed by atoms with E-state index >= 15 is 0 Å². The first-order valence-corrected chi connectivity index (χ1v) is 12.6. The number of hydrogen-bond acceptors (Lipinski definition) is 4. The Balaban J connectivity index is 1.46. The number of amides is 1. The quantitative estimate of drug-likeness (QED) is 0.180. The van der Waals surface area contributed by atoms with E-state index < -0.39 is 0 Å². The molecule has 1 N–H and O–H groups in total. The summed E-state index contributed by atoms with van der Waals surface area (Å²) in [6.07, 6.45) is 1.63. The number of rotatable bonds is 9. The van der Waals surface area contributed by atoms with Gasteiger partial charge >= 0.3 is 0 Å². The molecule has 6 heteroatoms. The Kier molecular flexibility index (Phi) is 8.39. The molecular weight excluding hydrogens is 516 g/mol. The zero-order valence-electron chi connectivity index (χ0n) is 20.6. The third-order valence-corrected chi connectivity index (χ3v) is 6.33. The van der Waals surface area contributed by atoms with Crippen molar-refractivity contribution in [2.45, 2.75) is 33.3 Å². The van der Waals surface area contributed by atoms with Crippen LogP contribution in [-0.2, 0) is 11.4 Å². The Morgan fingerprint density at radius 1 is 0.972 bits per heavy atom. The van der Waals surface area contributed by atoms with Crippen LogP contribution in [0.15, 0.2) is 88.4 Å². The number of halogens is 1. The third-order valence-electron chi connectivity index (χ3n) is 5.83. The number of nitrogens with one attached hydrogen (secondary N) is 1. The van der Waals surface area contributed by atoms with Crippen LogP contribution in [-0.4, -0.2) is 18.7 Å². The molecule has 0 aliphatic carbocycles. The van der Waals surface area contributed by atoms with Crippen molar-refractivity contribution in [3.8, 4) is 11.5 Å². The predicted octanol–water partition coefficient (Wildman–Crippen LogP) is 7.14. The fraction of sp³-hybridized carbons (Fsp3) is 0.200. The highest BCUT2D eigenvalue weighted by Gasteiger charge is 2.10. The van der Waals surface area contributed by atoms with Gasteiger partial charge in [0.05, 0.1) is 6.21 Å². The zero-order valence-corrected chi connectivity index (χ0v) is 22.2. The lowest BCUT2D eigenvalue weighted by Crippen LogP contribution is -2.24. The Morgan fingerprint density at radius 2 is 1.81 bits per heavy atom. The summed E-state index contributed by atoms with van der Waals surface area (Å²) >= 11 is 3.50. The van der Waals surface area contributed by atoms with Crippen molar-refractivity contribution < 1.29 is 14.3 Å². The SMILES string of the molecule is Cc1ccc(C(C)C)cc1OCC(=O)N/N=C/c1c(OCc2cccc(Br)c2)ccc2ccccc12. The smallest absolute Gasteiger partial charge is 0.277 e. The van der Waals surface area contributed by atoms with Gasteiger partial charge in [0.15, 0.2) is 6.61 Å². The molecule has 0 aromatic heterocycles. The van der Waals surface area contributed by atoms with Crippen molar-refractivity contribution in [1.29, 1.82) is 0 Å². The van der Waals surface area contributed by atoms with Crippen LogP contribution in [0, 0.1) is 6.92 Å². The summed E-state index contributed by atoms with van der Waals surface area (Å²) in [5.74, 6) is 1.44. The van der Waals surface area contributed by atoms with Crippen molar-refractivity contribution in [2.75, 3.05) is 6.61 Å². The lowest BCUT2D eigenvalue weighted by molar-refractivity contribution is -0.123. The summed E-state index contributed by atoms with van der Waals surface area (Å²) in [5.41, 5.74) is 6.57. The van der Waals surface area contributed by atoms with Gasteiger partial charge in [0, 0.05) is 10.0 Å². The minimum atomic E-state index is -0.336. The largest absolute Gasteiger partial charge is 0.488 e. The van der Waals surface area contributed by atoms with E-state index in [-0.39, 0.29) is 12.5 Å². The highest BCUT2D eigenvalue weighted by molar-refractivity contribution is 9.10. The van der Waals surface area contributed by atoms with Crippen LogP contribution in [0.25, 0.3) is 10.8 Å². The summed E-state index contributed by atoms with van der Waals surface area (Å²) in [4.78, 5) is 12.4. The summed E-state index contributed by atoms with van der Waals surface area (Å²) in [6, 6.07) is 26.0. The lowest BCUT2D eigenvalue weighted by Gasteiger charge is -2.13. The van der Waals surface area contributed by atoms with Crippen molar-refractivity contribution in [3.63, 3.8) is 0 Å². The number of hydrazone groups is 1. The van der Waals surface area contributed by atoms with E-state index in [1.807, 2.05) is 79.7 Å². The van der Waals surface area contributed by atoms with Gasteiger partial charge in [0.2, 0.25) is 0 Å². The molecule has 36 heavy (non-hydrogen) atoms. The molecule has 0 unspecified atom stereocenters. The molecule has 0 bridgehead atoms. The molecular formula is C30H29BrN2O3. The van der Waals surface area contributed by atoms with E-state index in [0.717, 1.165) is 31.9 Å². The Labute approximate surface area is 220 Å². The third kappa shape index (κ3) is 6.52. The van der Waals surface area contributed by atoms with Gasteiger partial charge in [-0.3, -0.25) is 4.79 Å². The first-order valence-electron chi connectivity index (χ1n) is 11.8. The lowest BCUT2D eigenvalue weighted by atomic mass is 10.0. The Morgan fingerprint density at radius 3 is 2.61 bits per heavy atom. The number of nitrogens with zero attached hydrogens (tertiary/aromatic N) is 1. The van der Waals surface area contributed by atoms with Crippen LogP contribution in [0.5, 0.6) is 11.5 Å². The fourth-order valence-corrected chi connectivity index (χ4v) is 4.24. The van der Waals surface area contributed by atoms with E-state index in [2.05, 4.69) is 46.4 Å². The fourth-order valence-electron chi connectivity index (χ4n) is 3.80. The van der Waals surface area contributed by atoms with Crippen LogP contribution >= 0.6 is 15.9 Å². The maximum atomic E-state index is 12.4. The normalized spacial score (nSPS) is 11.2. The van der Waals surface area contributed by atoms with Crippen LogP contribution in [0.2, 0.25) is 0 Å². The van der Waals surface area contributed by atoms with Gasteiger partial charge in [-0.2, -0.15) is 5.10 Å². The van der Waals surface area contributed by atoms with Crippen molar-refractivity contribution >= 4 is 38.8 Å². The maximum Gasteiger partial charge on any atom is 0.277 e.